The Labute approximate surface area is 137 Å². The van der Waals surface area contributed by atoms with Gasteiger partial charge in [0.05, 0.1) is 0 Å². The number of hydrogen-bond donors (Lipinski definition) is 1. The first-order chi connectivity index (χ1) is 10.4. The molecule has 1 aromatic heterocycles. The lowest BCUT2D eigenvalue weighted by Crippen LogP contribution is -2.16. The molecule has 3 nitrogen and oxygen atoms in total. The number of anilines is 1. The zero-order valence-electron chi connectivity index (χ0n) is 13.9. The van der Waals surface area contributed by atoms with Gasteiger partial charge in [-0.25, -0.2) is 0 Å². The average Bonchev–Trinajstić information content (AvgIpc) is 2.81. The first-order valence-electron chi connectivity index (χ1n) is 7.63. The Kier molecular flexibility index (Phi) is 5.35. The molecule has 0 bridgehead atoms. The smallest absolute Gasteiger partial charge is 0.272 e. The minimum absolute atomic E-state index is 0.0685. The Balaban J connectivity index is 2.13. The second-order valence-electron chi connectivity index (χ2n) is 5.69. The van der Waals surface area contributed by atoms with Gasteiger partial charge in [0.25, 0.3) is 5.91 Å². The fourth-order valence-corrected chi connectivity index (χ4v) is 3.22. The van der Waals surface area contributed by atoms with Crippen molar-refractivity contribution in [2.75, 3.05) is 5.32 Å². The number of aryl methyl sites for hydroxylation is 2. The molecule has 0 saturated carbocycles. The number of carbonyl (C=O) groups excluding carboxylic acids is 1. The highest BCUT2D eigenvalue weighted by Gasteiger charge is 2.12. The summed E-state index contributed by atoms with van der Waals surface area (Å²) in [4.78, 5) is 13.6. The van der Waals surface area contributed by atoms with Crippen LogP contribution in [-0.4, -0.2) is 15.7 Å². The number of rotatable bonds is 5. The number of nitrogens with one attached hydrogen (secondary N) is 1. The van der Waals surface area contributed by atoms with Crippen LogP contribution < -0.4 is 5.32 Å². The van der Waals surface area contributed by atoms with Crippen LogP contribution in [0.5, 0.6) is 0 Å². The van der Waals surface area contributed by atoms with E-state index in [1.54, 1.807) is 0 Å². The lowest BCUT2D eigenvalue weighted by atomic mass is 10.2. The summed E-state index contributed by atoms with van der Waals surface area (Å²) in [6.45, 7) is 8.45. The first-order valence-corrected chi connectivity index (χ1v) is 8.51. The summed E-state index contributed by atoms with van der Waals surface area (Å²) in [5.41, 5.74) is 3.71. The normalized spacial score (nSPS) is 12.2. The molecule has 1 heterocycles. The molecule has 22 heavy (non-hydrogen) atoms. The number of aromatic nitrogens is 1. The Hall–Kier alpha value is -1.68. The van der Waals surface area contributed by atoms with Gasteiger partial charge in [-0.05, 0) is 56.2 Å². The standard InChI is InChI=1S/C18H24N2OS/c1-6-14(4)22-15-8-9-16(12(2)11-15)19-18(21)17-10-7-13(3)20(17)5/h7-11,14H,6H2,1-5H3,(H,19,21). The predicted molar refractivity (Wildman–Crippen MR) is 94.9 cm³/mol. The van der Waals surface area contributed by atoms with Crippen LogP contribution >= 0.6 is 11.8 Å². The maximum absolute atomic E-state index is 12.4. The quantitative estimate of drug-likeness (QED) is 0.805. The van der Waals surface area contributed by atoms with Crippen molar-refractivity contribution in [3.63, 3.8) is 0 Å². The van der Waals surface area contributed by atoms with Crippen molar-refractivity contribution in [1.82, 2.24) is 4.57 Å². The largest absolute Gasteiger partial charge is 0.344 e. The van der Waals surface area contributed by atoms with Gasteiger partial charge < -0.3 is 9.88 Å². The molecule has 0 fully saturated rings. The van der Waals surface area contributed by atoms with Crippen molar-refractivity contribution in [2.24, 2.45) is 7.05 Å². The van der Waals surface area contributed by atoms with E-state index in [2.05, 4.69) is 31.3 Å². The fraction of sp³-hybridized carbons (Fsp3) is 0.389. The van der Waals surface area contributed by atoms with Crippen molar-refractivity contribution < 1.29 is 4.79 Å². The molecule has 1 N–H and O–H groups in total. The van der Waals surface area contributed by atoms with E-state index in [1.165, 1.54) is 4.90 Å². The van der Waals surface area contributed by atoms with E-state index in [0.29, 0.717) is 10.9 Å². The van der Waals surface area contributed by atoms with Gasteiger partial charge in [0.15, 0.2) is 0 Å². The van der Waals surface area contributed by atoms with Crippen molar-refractivity contribution >= 4 is 23.4 Å². The zero-order chi connectivity index (χ0) is 16.3. The van der Waals surface area contributed by atoms with Crippen molar-refractivity contribution in [1.29, 1.82) is 0 Å². The summed E-state index contributed by atoms with van der Waals surface area (Å²) in [6, 6.07) is 10.0. The number of nitrogens with zero attached hydrogens (tertiary/aromatic N) is 1. The number of amides is 1. The van der Waals surface area contributed by atoms with Crippen molar-refractivity contribution in [3.05, 3.63) is 47.3 Å². The molecule has 1 amide bonds. The number of hydrogen-bond acceptors (Lipinski definition) is 2. The van der Waals surface area contributed by atoms with Crippen LogP contribution in [0.1, 0.15) is 42.0 Å². The third-order valence-electron chi connectivity index (χ3n) is 3.96. The molecule has 0 aliphatic rings. The van der Waals surface area contributed by atoms with E-state index < -0.39 is 0 Å². The SMILES string of the molecule is CCC(C)Sc1ccc(NC(=O)c2ccc(C)n2C)c(C)c1. The van der Waals surface area contributed by atoms with Gasteiger partial charge in [0.2, 0.25) is 0 Å². The lowest BCUT2D eigenvalue weighted by molar-refractivity contribution is 0.101. The molecular weight excluding hydrogens is 292 g/mol. The molecule has 4 heteroatoms. The fourth-order valence-electron chi connectivity index (χ4n) is 2.19. The van der Waals surface area contributed by atoms with Crippen LogP contribution in [0.3, 0.4) is 0 Å². The van der Waals surface area contributed by atoms with Crippen LogP contribution in [0.2, 0.25) is 0 Å². The molecule has 2 rings (SSSR count). The molecule has 1 aromatic carbocycles. The van der Waals surface area contributed by atoms with Gasteiger partial charge in [-0.2, -0.15) is 0 Å². The molecule has 0 radical (unpaired) electrons. The minimum Gasteiger partial charge on any atom is -0.344 e. The number of carbonyl (C=O) groups is 1. The van der Waals surface area contributed by atoms with E-state index in [9.17, 15) is 4.79 Å². The van der Waals surface area contributed by atoms with E-state index in [0.717, 1.165) is 23.4 Å². The zero-order valence-corrected chi connectivity index (χ0v) is 14.8. The number of thioether (sulfide) groups is 1. The first kappa shape index (κ1) is 16.7. The highest BCUT2D eigenvalue weighted by Crippen LogP contribution is 2.28. The average molecular weight is 316 g/mol. The molecule has 1 atom stereocenters. The second kappa shape index (κ2) is 7.05. The van der Waals surface area contributed by atoms with Gasteiger partial charge in [-0.1, -0.05) is 13.8 Å². The molecule has 0 saturated heterocycles. The van der Waals surface area contributed by atoms with Crippen molar-refractivity contribution in [3.8, 4) is 0 Å². The topological polar surface area (TPSA) is 34.0 Å². The summed E-state index contributed by atoms with van der Waals surface area (Å²) < 4.78 is 1.90. The molecule has 0 aliphatic heterocycles. The van der Waals surface area contributed by atoms with E-state index in [4.69, 9.17) is 0 Å². The van der Waals surface area contributed by atoms with Crippen LogP contribution in [0.4, 0.5) is 5.69 Å². The lowest BCUT2D eigenvalue weighted by Gasteiger charge is -2.13. The Morgan fingerprint density at radius 1 is 1.27 bits per heavy atom. The van der Waals surface area contributed by atoms with Gasteiger partial charge in [0, 0.05) is 28.6 Å². The Morgan fingerprint density at radius 3 is 2.55 bits per heavy atom. The Bertz CT molecular complexity index is 676. The monoisotopic (exact) mass is 316 g/mol. The molecule has 0 spiro atoms. The summed E-state index contributed by atoms with van der Waals surface area (Å²) in [5.74, 6) is -0.0685. The van der Waals surface area contributed by atoms with E-state index in [-0.39, 0.29) is 5.91 Å². The Morgan fingerprint density at radius 2 is 2.00 bits per heavy atom. The van der Waals surface area contributed by atoms with Gasteiger partial charge in [-0.15, -0.1) is 11.8 Å². The molecular formula is C18H24N2OS. The highest BCUT2D eigenvalue weighted by atomic mass is 32.2. The third kappa shape index (κ3) is 3.74. The van der Waals surface area contributed by atoms with Gasteiger partial charge >= 0.3 is 0 Å². The van der Waals surface area contributed by atoms with Crippen molar-refractivity contribution in [2.45, 2.75) is 44.3 Å². The second-order valence-corrected chi connectivity index (χ2v) is 7.20. The van der Waals surface area contributed by atoms with Crippen LogP contribution in [0.15, 0.2) is 35.2 Å². The van der Waals surface area contributed by atoms with Crippen LogP contribution in [0.25, 0.3) is 0 Å². The molecule has 1 unspecified atom stereocenters. The summed E-state index contributed by atoms with van der Waals surface area (Å²) in [6.07, 6.45) is 1.15. The minimum atomic E-state index is -0.0685. The highest BCUT2D eigenvalue weighted by molar-refractivity contribution is 7.99. The molecule has 0 aliphatic carbocycles. The van der Waals surface area contributed by atoms with Crippen LogP contribution in [-0.2, 0) is 7.05 Å². The predicted octanol–water partition coefficient (Wildman–Crippen LogP) is 4.78. The maximum atomic E-state index is 12.4. The third-order valence-corrected chi connectivity index (χ3v) is 5.23. The van der Waals surface area contributed by atoms with E-state index in [1.807, 2.05) is 55.4 Å². The summed E-state index contributed by atoms with van der Waals surface area (Å²) in [7, 11) is 1.91. The van der Waals surface area contributed by atoms with Gasteiger partial charge in [-0.3, -0.25) is 4.79 Å². The summed E-state index contributed by atoms with van der Waals surface area (Å²) >= 11 is 1.87. The number of benzene rings is 1. The van der Waals surface area contributed by atoms with E-state index >= 15 is 0 Å². The molecule has 2 aromatic rings. The van der Waals surface area contributed by atoms with Gasteiger partial charge in [0.1, 0.15) is 5.69 Å². The summed E-state index contributed by atoms with van der Waals surface area (Å²) in [5, 5.41) is 3.61. The van der Waals surface area contributed by atoms with Crippen LogP contribution in [0, 0.1) is 13.8 Å². The maximum Gasteiger partial charge on any atom is 0.272 e. The molecule has 118 valence electrons.